The fourth-order valence-electron chi connectivity index (χ4n) is 6.59. The van der Waals surface area contributed by atoms with E-state index >= 15 is 8.78 Å². The molecule has 0 saturated carbocycles. The lowest BCUT2D eigenvalue weighted by Gasteiger charge is -2.44. The number of allylic oxidation sites excluding steroid dienone is 1. The van der Waals surface area contributed by atoms with Crippen LogP contribution in [0.2, 0.25) is 17.1 Å². The Kier molecular flexibility index (Phi) is 19.3. The van der Waals surface area contributed by atoms with Gasteiger partial charge in [0.1, 0.15) is 24.0 Å². The van der Waals surface area contributed by atoms with Crippen molar-refractivity contribution in [3.05, 3.63) is 71.8 Å². The first-order chi connectivity index (χ1) is 30.9. The Balaban J connectivity index is 2.33. The molecular weight excluding hydrogens is 997 g/mol. The van der Waals surface area contributed by atoms with Crippen molar-refractivity contribution in [2.45, 2.75) is 124 Å². The molecule has 0 aliphatic rings. The van der Waals surface area contributed by atoms with E-state index in [1.165, 1.54) is 70.6 Å². The molecule has 2 atom stereocenters. The molecule has 2 amide bonds. The fraction of sp³-hybridized carbons (Fsp3) is 0.590. The number of anilines is 1. The summed E-state index contributed by atoms with van der Waals surface area (Å²) in [5, 5.41) is 10.8. The minimum atomic E-state index is -8.73. The number of rotatable bonds is 25. The van der Waals surface area contributed by atoms with Gasteiger partial charge in [-0.15, -0.1) is 0 Å². The number of nitrogens with one attached hydrogen (secondary N) is 2. The highest BCUT2D eigenvalue weighted by Crippen LogP contribution is 2.64. The van der Waals surface area contributed by atoms with E-state index in [2.05, 4.69) is 5.32 Å². The standard InChI is InChI=1S/C39H43F19N2O7Si/c1-21(2)68(22(3)4,19-16-32(42,43)33(44,45)34(46,47)35(48,49)36(50,51)37(52,53)38(54,55)39(56,57)58)66-18-17-65-25-13-10-23(11-14-25)30(28(64-5)8-6-7-9-29(61)60-63)67-31(62)59-27-15-12-24(40)20-26(27)41/h7,9-15,20-22,28,30,63H,6,8,16-19H2,1-5H3,(H,59,62)(H,60,61)/b9-7+/t28-,30-/m1/s1. The Morgan fingerprint density at radius 2 is 1.24 bits per heavy atom. The Bertz CT molecular complexity index is 2010. The predicted octanol–water partition coefficient (Wildman–Crippen LogP) is 12.7. The number of alkyl halides is 17. The van der Waals surface area contributed by atoms with Crippen molar-refractivity contribution in [2.75, 3.05) is 25.6 Å². The Morgan fingerprint density at radius 1 is 0.721 bits per heavy atom. The van der Waals surface area contributed by atoms with Crippen LogP contribution in [0, 0.1) is 11.6 Å². The Hall–Kier alpha value is -4.51. The molecule has 0 saturated heterocycles. The lowest BCUT2D eigenvalue weighted by atomic mass is 9.88. The number of ether oxygens (including phenoxy) is 3. The van der Waals surface area contributed by atoms with Crippen LogP contribution in [0.1, 0.15) is 58.6 Å². The first-order valence-corrected chi connectivity index (χ1v) is 21.8. The SMILES string of the molecule is CO[C@H](CC/C=C/C(=O)NO)[C@H](OC(=O)Nc1ccc(F)cc1F)c1ccc(OCCO[Si](CCC(F)(F)C(F)(F)C(F)(F)C(F)(F)C(F)(F)C(F)(F)C(F)(F)C(F)(F)F)(C(C)C)C(C)C)cc1. The zero-order chi connectivity index (χ0) is 52.7. The van der Waals surface area contributed by atoms with Gasteiger partial charge in [-0.1, -0.05) is 45.9 Å². The van der Waals surface area contributed by atoms with E-state index in [1.807, 2.05) is 0 Å². The number of carbonyl (C=O) groups is 2. The molecule has 0 aromatic heterocycles. The van der Waals surface area contributed by atoms with Crippen molar-refractivity contribution in [2.24, 2.45) is 0 Å². The number of methoxy groups -OCH3 is 1. The second-order valence-electron chi connectivity index (χ2n) is 15.5. The van der Waals surface area contributed by atoms with Gasteiger partial charge in [0.15, 0.2) is 14.4 Å². The molecule has 2 rings (SSSR count). The minimum Gasteiger partial charge on any atom is -0.491 e. The lowest BCUT2D eigenvalue weighted by Crippen LogP contribution is -2.74. The van der Waals surface area contributed by atoms with Crippen LogP contribution in [0.25, 0.3) is 0 Å². The maximum absolute atomic E-state index is 15.0. The molecule has 2 aromatic rings. The Labute approximate surface area is 375 Å². The number of hydrogen-bond donors (Lipinski definition) is 3. The first kappa shape index (κ1) is 59.6. The van der Waals surface area contributed by atoms with Gasteiger partial charge in [-0.3, -0.25) is 15.3 Å². The molecule has 29 heteroatoms. The monoisotopic (exact) mass is 1040 g/mol. The van der Waals surface area contributed by atoms with Crippen LogP contribution in [0.15, 0.2) is 54.6 Å². The van der Waals surface area contributed by atoms with Gasteiger partial charge >= 0.3 is 53.7 Å². The average Bonchev–Trinajstić information content (AvgIpc) is 3.22. The molecule has 388 valence electrons. The van der Waals surface area contributed by atoms with Crippen molar-refractivity contribution in [3.63, 3.8) is 0 Å². The molecule has 0 heterocycles. The minimum absolute atomic E-state index is 0.00641. The molecular formula is C39H43F19N2O7Si. The highest BCUT2D eigenvalue weighted by Gasteiger charge is 2.95. The van der Waals surface area contributed by atoms with E-state index in [1.54, 1.807) is 0 Å². The molecule has 0 radical (unpaired) electrons. The topological polar surface area (TPSA) is 115 Å². The van der Waals surface area contributed by atoms with Crippen LogP contribution in [0.3, 0.4) is 0 Å². The van der Waals surface area contributed by atoms with Crippen molar-refractivity contribution >= 4 is 26.0 Å². The second kappa shape index (κ2) is 22.1. The zero-order valence-electron chi connectivity index (χ0n) is 35.8. The number of amides is 2. The molecule has 0 aliphatic carbocycles. The summed E-state index contributed by atoms with van der Waals surface area (Å²) in [5.74, 6) is -60.0. The number of hydrogen-bond acceptors (Lipinski definition) is 7. The maximum Gasteiger partial charge on any atom is 0.460 e. The smallest absolute Gasteiger partial charge is 0.460 e. The molecule has 0 bridgehead atoms. The van der Waals surface area contributed by atoms with E-state index in [0.29, 0.717) is 6.07 Å². The van der Waals surface area contributed by atoms with Crippen molar-refractivity contribution in [3.8, 4) is 5.75 Å². The summed E-state index contributed by atoms with van der Waals surface area (Å²) in [6.45, 7) is 4.00. The van der Waals surface area contributed by atoms with Crippen LogP contribution >= 0.6 is 0 Å². The molecule has 0 aliphatic heterocycles. The summed E-state index contributed by atoms with van der Waals surface area (Å²) in [6.07, 6.45) is -11.6. The maximum atomic E-state index is 15.0. The summed E-state index contributed by atoms with van der Waals surface area (Å²) in [5.41, 5.74) is -0.785. The molecule has 0 fully saturated rings. The highest BCUT2D eigenvalue weighted by molar-refractivity contribution is 6.76. The van der Waals surface area contributed by atoms with Crippen LogP contribution < -0.4 is 15.5 Å². The van der Waals surface area contributed by atoms with E-state index in [9.17, 15) is 84.2 Å². The predicted molar refractivity (Wildman–Crippen MR) is 202 cm³/mol. The number of hydroxylamine groups is 1. The summed E-state index contributed by atoms with van der Waals surface area (Å²) in [6, 6.07) is 6.06. The second-order valence-corrected chi connectivity index (χ2v) is 20.5. The van der Waals surface area contributed by atoms with Crippen LogP contribution in [-0.2, 0) is 18.7 Å². The third-order valence-electron chi connectivity index (χ3n) is 10.5. The van der Waals surface area contributed by atoms with E-state index in [-0.39, 0.29) is 24.2 Å². The summed E-state index contributed by atoms with van der Waals surface area (Å²) in [4.78, 5) is 24.2. The van der Waals surface area contributed by atoms with E-state index < -0.39 is 134 Å². The van der Waals surface area contributed by atoms with Crippen LogP contribution in [0.4, 0.5) is 93.9 Å². The first-order valence-electron chi connectivity index (χ1n) is 19.5. The quantitative estimate of drug-likeness (QED) is 0.0227. The lowest BCUT2D eigenvalue weighted by molar-refractivity contribution is -0.461. The fourth-order valence-corrected chi connectivity index (χ4v) is 11.1. The largest absolute Gasteiger partial charge is 0.491 e. The van der Waals surface area contributed by atoms with Gasteiger partial charge in [-0.05, 0) is 59.8 Å². The van der Waals surface area contributed by atoms with Crippen LogP contribution in [-0.4, -0.2) is 99.6 Å². The summed E-state index contributed by atoms with van der Waals surface area (Å²) in [7, 11) is -2.85. The number of halogens is 19. The van der Waals surface area contributed by atoms with Gasteiger partial charge in [-0.2, -0.15) is 74.6 Å². The van der Waals surface area contributed by atoms with E-state index in [4.69, 9.17) is 23.8 Å². The van der Waals surface area contributed by atoms with Crippen LogP contribution in [0.5, 0.6) is 5.75 Å². The van der Waals surface area contributed by atoms with Crippen molar-refractivity contribution < 1.29 is 117 Å². The van der Waals surface area contributed by atoms with Crippen molar-refractivity contribution in [1.29, 1.82) is 0 Å². The summed E-state index contributed by atoms with van der Waals surface area (Å²) >= 11 is 0. The number of carbonyl (C=O) groups excluding carboxylic acids is 2. The van der Waals surface area contributed by atoms with E-state index in [0.717, 1.165) is 18.2 Å². The van der Waals surface area contributed by atoms with Gasteiger partial charge in [0.2, 0.25) is 0 Å². The van der Waals surface area contributed by atoms with Gasteiger partial charge < -0.3 is 18.6 Å². The summed E-state index contributed by atoms with van der Waals surface area (Å²) < 4.78 is 286. The molecule has 68 heavy (non-hydrogen) atoms. The molecule has 2 aromatic carbocycles. The Morgan fingerprint density at radius 3 is 1.71 bits per heavy atom. The van der Waals surface area contributed by atoms with Gasteiger partial charge in [-0.25, -0.2) is 19.1 Å². The number of benzene rings is 2. The molecule has 9 nitrogen and oxygen atoms in total. The normalized spacial score (nSPS) is 14.9. The third-order valence-corrected chi connectivity index (χ3v) is 16.2. The average molecular weight is 1040 g/mol. The molecule has 0 spiro atoms. The van der Waals surface area contributed by atoms with Gasteiger partial charge in [0, 0.05) is 25.7 Å². The van der Waals surface area contributed by atoms with Gasteiger partial charge in [0.25, 0.3) is 5.91 Å². The zero-order valence-corrected chi connectivity index (χ0v) is 36.8. The van der Waals surface area contributed by atoms with Crippen molar-refractivity contribution in [1.82, 2.24) is 5.48 Å². The molecule has 3 N–H and O–H groups in total. The molecule has 0 unspecified atom stereocenters. The third kappa shape index (κ3) is 12.3. The van der Waals surface area contributed by atoms with Gasteiger partial charge in [0.05, 0.1) is 18.4 Å². The highest BCUT2D eigenvalue weighted by atomic mass is 28.4.